The second-order valence-corrected chi connectivity index (χ2v) is 5.26. The second kappa shape index (κ2) is 7.47. The van der Waals surface area contributed by atoms with E-state index in [4.69, 9.17) is 5.73 Å². The number of carbonyl (C=O) groups excluding carboxylic acids is 1. The van der Waals surface area contributed by atoms with Crippen molar-refractivity contribution in [2.24, 2.45) is 5.73 Å². The third kappa shape index (κ3) is 3.99. The molecule has 0 saturated carbocycles. The molecule has 3 aromatic rings. The fourth-order valence-electron chi connectivity index (χ4n) is 1.76. The van der Waals surface area contributed by atoms with Gasteiger partial charge in [0.15, 0.2) is 11.6 Å². The molecule has 0 aliphatic rings. The topological polar surface area (TPSA) is 43.1 Å². The molecule has 0 bridgehead atoms. The van der Waals surface area contributed by atoms with E-state index in [0.29, 0.717) is 16.0 Å². The van der Waals surface area contributed by atoms with Crippen LogP contribution in [0.5, 0.6) is 0 Å². The molecular weight excluding hydrogens is 304 g/mol. The zero-order chi connectivity index (χ0) is 15.9. The summed E-state index contributed by atoms with van der Waals surface area (Å²) < 4.78 is 26.2. The molecule has 0 fully saturated rings. The molecule has 3 rings (SSSR count). The summed E-state index contributed by atoms with van der Waals surface area (Å²) >= 11 is 1.36. The number of hydrogen-bond acceptors (Lipinski definition) is 2. The maximum atomic E-state index is 13.3. The number of halogens is 2. The first-order valence-electron chi connectivity index (χ1n) is 6.42. The molecule has 112 valence electrons. The first-order chi connectivity index (χ1) is 10.6. The van der Waals surface area contributed by atoms with Gasteiger partial charge >= 0.3 is 0 Å². The minimum absolute atomic E-state index is 0.297. The minimum atomic E-state index is -0.814. The van der Waals surface area contributed by atoms with Gasteiger partial charge in [0.05, 0.1) is 4.88 Å². The van der Waals surface area contributed by atoms with Crippen LogP contribution in [0.4, 0.5) is 8.78 Å². The first kappa shape index (κ1) is 15.9. The Labute approximate surface area is 130 Å². The molecule has 1 amide bonds. The lowest BCUT2D eigenvalue weighted by Gasteiger charge is -2.02. The number of hydrogen-bond donors (Lipinski definition) is 1. The van der Waals surface area contributed by atoms with Crippen molar-refractivity contribution in [3.8, 4) is 11.1 Å². The summed E-state index contributed by atoms with van der Waals surface area (Å²) in [5.74, 6) is -1.95. The molecule has 0 aliphatic carbocycles. The summed E-state index contributed by atoms with van der Waals surface area (Å²) in [6.07, 6.45) is 0. The number of primary amides is 1. The molecule has 0 unspecified atom stereocenters. The van der Waals surface area contributed by atoms with E-state index in [9.17, 15) is 13.6 Å². The van der Waals surface area contributed by atoms with Gasteiger partial charge in [-0.25, -0.2) is 8.78 Å². The lowest BCUT2D eigenvalue weighted by Crippen LogP contribution is -2.07. The minimum Gasteiger partial charge on any atom is -0.365 e. The van der Waals surface area contributed by atoms with Gasteiger partial charge in [-0.05, 0) is 23.1 Å². The van der Waals surface area contributed by atoms with Crippen LogP contribution in [-0.4, -0.2) is 5.91 Å². The summed E-state index contributed by atoms with van der Waals surface area (Å²) in [6, 6.07) is 16.6. The Hall–Kier alpha value is -2.53. The molecule has 22 heavy (non-hydrogen) atoms. The fraction of sp³-hybridized carbons (Fsp3) is 0. The Morgan fingerprint density at radius 1 is 0.909 bits per heavy atom. The summed E-state index contributed by atoms with van der Waals surface area (Å²) in [6.45, 7) is 0. The number of nitrogens with two attached hydrogens (primary N) is 1. The van der Waals surface area contributed by atoms with Crippen LogP contribution in [-0.2, 0) is 0 Å². The molecule has 0 atom stereocenters. The molecule has 1 heterocycles. The van der Waals surface area contributed by atoms with Gasteiger partial charge < -0.3 is 5.73 Å². The van der Waals surface area contributed by atoms with Crippen molar-refractivity contribution in [1.82, 2.24) is 0 Å². The summed E-state index contributed by atoms with van der Waals surface area (Å²) in [5, 5.41) is 1.82. The van der Waals surface area contributed by atoms with E-state index in [1.54, 1.807) is 42.5 Å². The number of thiophene rings is 1. The van der Waals surface area contributed by atoms with Crippen molar-refractivity contribution >= 4 is 17.2 Å². The van der Waals surface area contributed by atoms with Crippen LogP contribution in [0.25, 0.3) is 11.1 Å². The summed E-state index contributed by atoms with van der Waals surface area (Å²) in [7, 11) is 0. The Morgan fingerprint density at radius 3 is 2.18 bits per heavy atom. The predicted octanol–water partition coefficient (Wildman–Crippen LogP) is 4.48. The Morgan fingerprint density at radius 2 is 1.64 bits per heavy atom. The average molecular weight is 317 g/mol. The highest BCUT2D eigenvalue weighted by atomic mass is 32.1. The van der Waals surface area contributed by atoms with Crippen molar-refractivity contribution in [2.45, 2.75) is 0 Å². The summed E-state index contributed by atoms with van der Waals surface area (Å²) in [5.41, 5.74) is 5.91. The lowest BCUT2D eigenvalue weighted by atomic mass is 10.1. The number of carbonyl (C=O) groups is 1. The van der Waals surface area contributed by atoms with E-state index < -0.39 is 11.6 Å². The molecule has 0 saturated heterocycles. The fourth-order valence-corrected chi connectivity index (χ4v) is 2.34. The van der Waals surface area contributed by atoms with E-state index in [1.807, 2.05) is 11.4 Å². The van der Waals surface area contributed by atoms with Crippen molar-refractivity contribution in [1.29, 1.82) is 0 Å². The molecule has 2 nitrogen and oxygen atoms in total. The van der Waals surface area contributed by atoms with Crippen LogP contribution in [0.2, 0.25) is 0 Å². The van der Waals surface area contributed by atoms with E-state index >= 15 is 0 Å². The van der Waals surface area contributed by atoms with Gasteiger partial charge in [0.2, 0.25) is 0 Å². The quantitative estimate of drug-likeness (QED) is 0.744. The molecule has 0 aliphatic heterocycles. The maximum absolute atomic E-state index is 13.3. The highest BCUT2D eigenvalue weighted by Crippen LogP contribution is 2.23. The van der Waals surface area contributed by atoms with Gasteiger partial charge in [-0.1, -0.05) is 48.5 Å². The zero-order valence-corrected chi connectivity index (χ0v) is 12.3. The second-order valence-electron chi connectivity index (χ2n) is 4.31. The first-order valence-corrected chi connectivity index (χ1v) is 7.30. The van der Waals surface area contributed by atoms with Crippen LogP contribution in [0.1, 0.15) is 9.67 Å². The highest BCUT2D eigenvalue weighted by molar-refractivity contribution is 7.12. The standard InChI is InChI=1S/C12H8F2.C5H5NOS/c13-11-8-4-7-10(12(11)14)9-5-2-1-3-6-9;6-5(7)4-2-1-3-8-4/h1-8H;1-3H,(H2,6,7). The molecule has 2 aromatic carbocycles. The maximum Gasteiger partial charge on any atom is 0.258 e. The number of rotatable bonds is 2. The Balaban J connectivity index is 0.000000188. The van der Waals surface area contributed by atoms with E-state index in [-0.39, 0.29) is 5.91 Å². The molecule has 2 N–H and O–H groups in total. The monoisotopic (exact) mass is 317 g/mol. The van der Waals surface area contributed by atoms with Crippen molar-refractivity contribution in [3.05, 3.63) is 82.6 Å². The molecule has 0 spiro atoms. The van der Waals surface area contributed by atoms with Gasteiger partial charge in [-0.2, -0.15) is 0 Å². The SMILES string of the molecule is Fc1cccc(-c2ccccc2)c1F.NC(=O)c1cccs1. The predicted molar refractivity (Wildman–Crippen MR) is 84.6 cm³/mol. The van der Waals surface area contributed by atoms with Crippen LogP contribution in [0.15, 0.2) is 66.0 Å². The smallest absolute Gasteiger partial charge is 0.258 e. The van der Waals surface area contributed by atoms with E-state index in [2.05, 4.69) is 0 Å². The van der Waals surface area contributed by atoms with Crippen LogP contribution in [0, 0.1) is 11.6 Å². The van der Waals surface area contributed by atoms with Crippen LogP contribution < -0.4 is 5.73 Å². The van der Waals surface area contributed by atoms with E-state index in [1.165, 1.54) is 17.4 Å². The van der Waals surface area contributed by atoms with Gasteiger partial charge in [0.1, 0.15) is 0 Å². The number of amides is 1. The largest absolute Gasteiger partial charge is 0.365 e. The Kier molecular flexibility index (Phi) is 5.38. The molecule has 1 aromatic heterocycles. The highest BCUT2D eigenvalue weighted by Gasteiger charge is 2.08. The normalized spacial score (nSPS) is 9.73. The average Bonchev–Trinajstić information content (AvgIpc) is 3.06. The van der Waals surface area contributed by atoms with Gasteiger partial charge in [0, 0.05) is 5.56 Å². The molecular formula is C17H13F2NOS. The summed E-state index contributed by atoms with van der Waals surface area (Å²) in [4.78, 5) is 10.9. The van der Waals surface area contributed by atoms with Crippen LogP contribution in [0.3, 0.4) is 0 Å². The van der Waals surface area contributed by atoms with E-state index in [0.717, 1.165) is 6.07 Å². The lowest BCUT2D eigenvalue weighted by molar-refractivity contribution is 0.100. The van der Waals surface area contributed by atoms with Crippen molar-refractivity contribution < 1.29 is 13.6 Å². The van der Waals surface area contributed by atoms with Crippen molar-refractivity contribution in [3.63, 3.8) is 0 Å². The van der Waals surface area contributed by atoms with Gasteiger partial charge in [-0.3, -0.25) is 4.79 Å². The Bertz CT molecular complexity index is 743. The van der Waals surface area contributed by atoms with Crippen molar-refractivity contribution in [2.75, 3.05) is 0 Å². The molecule has 0 radical (unpaired) electrons. The van der Waals surface area contributed by atoms with Crippen LogP contribution >= 0.6 is 11.3 Å². The number of benzene rings is 2. The zero-order valence-electron chi connectivity index (χ0n) is 11.5. The van der Waals surface area contributed by atoms with Gasteiger partial charge in [-0.15, -0.1) is 11.3 Å². The van der Waals surface area contributed by atoms with Gasteiger partial charge in [0.25, 0.3) is 5.91 Å². The molecule has 5 heteroatoms. The third-order valence-electron chi connectivity index (χ3n) is 2.80. The third-order valence-corrected chi connectivity index (χ3v) is 3.68.